The van der Waals surface area contributed by atoms with Gasteiger partial charge < -0.3 is 10.4 Å². The molecule has 2 aromatic rings. The van der Waals surface area contributed by atoms with Crippen LogP contribution in [0, 0.1) is 0 Å². The van der Waals surface area contributed by atoms with Gasteiger partial charge in [-0.2, -0.15) is 15.0 Å². The molecular weight excluding hydrogens is 276 g/mol. The normalized spacial score (nSPS) is 11.9. The average Bonchev–Trinajstić information content (AvgIpc) is 2.82. The molecule has 1 aromatic carbocycles. The van der Waals surface area contributed by atoms with Crippen LogP contribution in [0.15, 0.2) is 30.3 Å². The number of halogens is 1. The van der Waals surface area contributed by atoms with Gasteiger partial charge in [-0.3, -0.25) is 0 Å². The molecule has 2 rings (SSSR count). The molecule has 0 aliphatic carbocycles. The summed E-state index contributed by atoms with van der Waals surface area (Å²) >= 11 is 0. The number of rotatable bonds is 6. The lowest BCUT2D eigenvalue weighted by Crippen LogP contribution is -2.31. The van der Waals surface area contributed by atoms with Crippen LogP contribution in [0.2, 0.25) is 0 Å². The summed E-state index contributed by atoms with van der Waals surface area (Å²) in [6.07, 6.45) is 0.886. The zero-order chi connectivity index (χ0) is 13.7. The molecule has 110 valence electrons. The van der Waals surface area contributed by atoms with Crippen LogP contribution >= 0.6 is 12.4 Å². The van der Waals surface area contributed by atoms with Crippen LogP contribution in [0.1, 0.15) is 19.0 Å². The molecule has 0 fully saturated rings. The van der Waals surface area contributed by atoms with Crippen molar-refractivity contribution < 1.29 is 5.11 Å². The number of aliphatic hydroxyl groups is 1. The Morgan fingerprint density at radius 1 is 1.25 bits per heavy atom. The van der Waals surface area contributed by atoms with Gasteiger partial charge in [-0.1, -0.05) is 37.3 Å². The number of aliphatic hydroxyl groups excluding tert-OH is 1. The van der Waals surface area contributed by atoms with E-state index >= 15 is 0 Å². The maximum Gasteiger partial charge on any atom is 0.117 e. The Morgan fingerprint density at radius 2 is 1.95 bits per heavy atom. The van der Waals surface area contributed by atoms with Crippen LogP contribution in [0.3, 0.4) is 0 Å². The largest absolute Gasteiger partial charge is 0.395 e. The lowest BCUT2D eigenvalue weighted by atomic mass is 10.1. The predicted molar refractivity (Wildman–Crippen MR) is 81.7 cm³/mol. The van der Waals surface area contributed by atoms with Crippen LogP contribution in [0.4, 0.5) is 0 Å². The summed E-state index contributed by atoms with van der Waals surface area (Å²) in [6, 6.07) is 10.1. The quantitative estimate of drug-likeness (QED) is 0.853. The SMILES string of the molecule is CCC(CO)NCc1nn(C)nc1-c1ccccc1.Cl. The molecule has 5 nitrogen and oxygen atoms in total. The van der Waals surface area contributed by atoms with Crippen LogP contribution < -0.4 is 5.32 Å². The topological polar surface area (TPSA) is 63.0 Å². The van der Waals surface area contributed by atoms with E-state index in [0.717, 1.165) is 23.4 Å². The van der Waals surface area contributed by atoms with E-state index in [1.165, 1.54) is 0 Å². The molecule has 20 heavy (non-hydrogen) atoms. The van der Waals surface area contributed by atoms with Crippen molar-refractivity contribution in [3.05, 3.63) is 36.0 Å². The molecular formula is C14H21ClN4O. The van der Waals surface area contributed by atoms with Crippen molar-refractivity contribution in [3.63, 3.8) is 0 Å². The molecule has 1 atom stereocenters. The van der Waals surface area contributed by atoms with Crippen molar-refractivity contribution in [2.45, 2.75) is 25.9 Å². The van der Waals surface area contributed by atoms with Crippen molar-refractivity contribution >= 4 is 12.4 Å². The van der Waals surface area contributed by atoms with E-state index in [4.69, 9.17) is 0 Å². The fourth-order valence-corrected chi connectivity index (χ4v) is 1.97. The summed E-state index contributed by atoms with van der Waals surface area (Å²) < 4.78 is 0. The van der Waals surface area contributed by atoms with Gasteiger partial charge in [0.2, 0.25) is 0 Å². The number of hydrogen-bond acceptors (Lipinski definition) is 4. The maximum atomic E-state index is 9.19. The Balaban J connectivity index is 0.00000200. The molecule has 0 bridgehead atoms. The lowest BCUT2D eigenvalue weighted by Gasteiger charge is -2.12. The first-order valence-electron chi connectivity index (χ1n) is 6.54. The summed E-state index contributed by atoms with van der Waals surface area (Å²) in [4.78, 5) is 1.58. The highest BCUT2D eigenvalue weighted by Gasteiger charge is 2.13. The van der Waals surface area contributed by atoms with Crippen LogP contribution in [0.5, 0.6) is 0 Å². The molecule has 6 heteroatoms. The molecule has 0 saturated carbocycles. The zero-order valence-electron chi connectivity index (χ0n) is 11.8. The van der Waals surface area contributed by atoms with Crippen LogP contribution in [-0.2, 0) is 13.6 Å². The van der Waals surface area contributed by atoms with E-state index in [0.29, 0.717) is 6.54 Å². The van der Waals surface area contributed by atoms with Crippen LogP contribution in [-0.4, -0.2) is 32.7 Å². The first kappa shape index (κ1) is 16.6. The molecule has 1 aromatic heterocycles. The third-order valence-electron chi connectivity index (χ3n) is 3.10. The number of nitrogens with zero attached hydrogens (tertiary/aromatic N) is 3. The van der Waals surface area contributed by atoms with Crippen molar-refractivity contribution in [2.75, 3.05) is 6.61 Å². The predicted octanol–water partition coefficient (Wildman–Crippen LogP) is 1.76. The molecule has 1 unspecified atom stereocenters. The minimum absolute atomic E-state index is 0. The number of aromatic nitrogens is 3. The van der Waals surface area contributed by atoms with Gasteiger partial charge in [-0.15, -0.1) is 12.4 Å². The fourth-order valence-electron chi connectivity index (χ4n) is 1.97. The van der Waals surface area contributed by atoms with E-state index in [2.05, 4.69) is 15.5 Å². The highest BCUT2D eigenvalue weighted by atomic mass is 35.5. The summed E-state index contributed by atoms with van der Waals surface area (Å²) in [5.41, 5.74) is 2.86. The number of benzene rings is 1. The van der Waals surface area contributed by atoms with Gasteiger partial charge in [0, 0.05) is 25.2 Å². The number of aryl methyl sites for hydroxylation is 1. The van der Waals surface area contributed by atoms with Gasteiger partial charge in [0.05, 0.1) is 6.61 Å². The summed E-state index contributed by atoms with van der Waals surface area (Å²) in [7, 11) is 1.82. The Kier molecular flexibility index (Phi) is 6.64. The van der Waals surface area contributed by atoms with Gasteiger partial charge in [0.25, 0.3) is 0 Å². The molecule has 0 saturated heterocycles. The van der Waals surface area contributed by atoms with Gasteiger partial charge in [-0.05, 0) is 6.42 Å². The second kappa shape index (κ2) is 7.99. The zero-order valence-corrected chi connectivity index (χ0v) is 12.6. The first-order chi connectivity index (χ1) is 9.24. The average molecular weight is 297 g/mol. The van der Waals surface area contributed by atoms with Crippen molar-refractivity contribution in [2.24, 2.45) is 7.05 Å². The minimum Gasteiger partial charge on any atom is -0.395 e. The Hall–Kier alpha value is -1.43. The van der Waals surface area contributed by atoms with Crippen molar-refractivity contribution in [1.29, 1.82) is 0 Å². The second-order valence-corrected chi connectivity index (χ2v) is 4.52. The standard InChI is InChI=1S/C14H20N4O.ClH/c1-3-12(10-19)15-9-13-14(17-18(2)16-13)11-7-5-4-6-8-11;/h4-8,12,15,19H,3,9-10H2,1-2H3;1H. The van der Waals surface area contributed by atoms with E-state index in [1.54, 1.807) is 4.80 Å². The van der Waals surface area contributed by atoms with E-state index in [-0.39, 0.29) is 25.1 Å². The Labute approximate surface area is 125 Å². The number of hydrogen-bond donors (Lipinski definition) is 2. The highest BCUT2D eigenvalue weighted by Crippen LogP contribution is 2.19. The third kappa shape index (κ3) is 4.03. The van der Waals surface area contributed by atoms with Crippen molar-refractivity contribution in [3.8, 4) is 11.3 Å². The molecule has 2 N–H and O–H groups in total. The number of nitrogens with one attached hydrogen (secondary N) is 1. The third-order valence-corrected chi connectivity index (χ3v) is 3.10. The summed E-state index contributed by atoms with van der Waals surface area (Å²) in [5.74, 6) is 0. The Bertz CT molecular complexity index is 511. The van der Waals surface area contributed by atoms with E-state index < -0.39 is 0 Å². The van der Waals surface area contributed by atoms with E-state index in [9.17, 15) is 5.11 Å². The van der Waals surface area contributed by atoms with E-state index in [1.807, 2.05) is 44.3 Å². The minimum atomic E-state index is 0. The van der Waals surface area contributed by atoms with Crippen molar-refractivity contribution in [1.82, 2.24) is 20.3 Å². The highest BCUT2D eigenvalue weighted by molar-refractivity contribution is 5.85. The molecule has 0 aliphatic heterocycles. The summed E-state index contributed by atoms with van der Waals surface area (Å²) in [5, 5.41) is 21.3. The summed E-state index contributed by atoms with van der Waals surface area (Å²) in [6.45, 7) is 2.79. The molecule has 1 heterocycles. The molecule has 0 spiro atoms. The first-order valence-corrected chi connectivity index (χ1v) is 6.54. The van der Waals surface area contributed by atoms with Gasteiger partial charge in [0.15, 0.2) is 0 Å². The molecule has 0 amide bonds. The second-order valence-electron chi connectivity index (χ2n) is 4.52. The Morgan fingerprint density at radius 3 is 2.55 bits per heavy atom. The van der Waals surface area contributed by atoms with Crippen LogP contribution in [0.25, 0.3) is 11.3 Å². The fraction of sp³-hybridized carbons (Fsp3) is 0.429. The molecule has 0 aliphatic rings. The van der Waals surface area contributed by atoms with Gasteiger partial charge in [-0.25, -0.2) is 0 Å². The smallest absolute Gasteiger partial charge is 0.117 e. The molecule has 0 radical (unpaired) electrons. The van der Waals surface area contributed by atoms with Gasteiger partial charge in [0.1, 0.15) is 11.4 Å². The van der Waals surface area contributed by atoms with Gasteiger partial charge >= 0.3 is 0 Å². The maximum absolute atomic E-state index is 9.19. The monoisotopic (exact) mass is 296 g/mol. The lowest BCUT2D eigenvalue weighted by molar-refractivity contribution is 0.238.